The summed E-state index contributed by atoms with van der Waals surface area (Å²) in [5.74, 6) is -1.61. The molecule has 3 nitrogen and oxygen atoms in total. The van der Waals surface area contributed by atoms with Gasteiger partial charge < -0.3 is 5.11 Å². The topological polar surface area (TPSA) is 54.4 Å². The molecule has 0 spiro atoms. The molecular weight excluding hydrogens is 236 g/mol. The predicted molar refractivity (Wildman–Crippen MR) is 65.6 cm³/mol. The minimum absolute atomic E-state index is 0.491. The van der Waals surface area contributed by atoms with Gasteiger partial charge in [-0.15, -0.1) is 11.3 Å². The van der Waals surface area contributed by atoms with E-state index in [2.05, 4.69) is 0 Å². The first-order valence-electron chi connectivity index (χ1n) is 5.03. The molecule has 1 atom stereocenters. The smallest absolute Gasteiger partial charge is 0.316 e. The molecule has 1 aromatic carbocycles. The van der Waals surface area contributed by atoms with E-state index >= 15 is 0 Å². The van der Waals surface area contributed by atoms with Gasteiger partial charge in [-0.05, 0) is 23.1 Å². The number of carboxylic acid groups (broad SMARTS) is 1. The fourth-order valence-electron chi connectivity index (χ4n) is 1.70. The quantitative estimate of drug-likeness (QED) is 0.844. The zero-order valence-corrected chi connectivity index (χ0v) is 9.68. The lowest BCUT2D eigenvalue weighted by Crippen LogP contribution is -2.11. The fraction of sp³-hybridized carbons (Fsp3) is 0.0769. The van der Waals surface area contributed by atoms with Gasteiger partial charge in [0.2, 0.25) is 0 Å². The number of thiophene rings is 1. The highest BCUT2D eigenvalue weighted by atomic mass is 32.1. The van der Waals surface area contributed by atoms with Crippen LogP contribution in [-0.2, 0) is 4.79 Å². The van der Waals surface area contributed by atoms with Crippen molar-refractivity contribution in [3.8, 4) is 0 Å². The van der Waals surface area contributed by atoms with E-state index < -0.39 is 11.9 Å². The van der Waals surface area contributed by atoms with Crippen molar-refractivity contribution in [2.75, 3.05) is 0 Å². The number of hydrogen-bond donors (Lipinski definition) is 1. The van der Waals surface area contributed by atoms with E-state index in [1.165, 1.54) is 11.3 Å². The summed E-state index contributed by atoms with van der Waals surface area (Å²) in [4.78, 5) is 22.8. The molecule has 0 saturated heterocycles. The third-order valence-corrected chi connectivity index (χ3v) is 3.39. The molecule has 0 aliphatic heterocycles. The van der Waals surface area contributed by atoms with E-state index in [1.54, 1.807) is 30.3 Å². The highest BCUT2D eigenvalue weighted by Crippen LogP contribution is 2.28. The summed E-state index contributed by atoms with van der Waals surface area (Å²) >= 11 is 1.40. The predicted octanol–water partition coefficient (Wildman–Crippen LogP) is 2.78. The SMILES string of the molecule is O=Cc1cccc(C(C(=O)O)c2cccs2)c1. The molecule has 2 rings (SSSR count). The molecule has 0 aliphatic carbocycles. The van der Waals surface area contributed by atoms with Gasteiger partial charge in [0.1, 0.15) is 12.2 Å². The van der Waals surface area contributed by atoms with Crippen molar-refractivity contribution in [2.24, 2.45) is 0 Å². The Morgan fingerprint density at radius 3 is 2.71 bits per heavy atom. The van der Waals surface area contributed by atoms with Crippen LogP contribution in [-0.4, -0.2) is 17.4 Å². The van der Waals surface area contributed by atoms with E-state index in [4.69, 9.17) is 0 Å². The minimum Gasteiger partial charge on any atom is -0.481 e. The second-order valence-corrected chi connectivity index (χ2v) is 4.55. The van der Waals surface area contributed by atoms with Crippen LogP contribution in [0.2, 0.25) is 0 Å². The van der Waals surface area contributed by atoms with Crippen LogP contribution in [0.15, 0.2) is 41.8 Å². The zero-order chi connectivity index (χ0) is 12.3. The first-order valence-corrected chi connectivity index (χ1v) is 5.91. The lowest BCUT2D eigenvalue weighted by Gasteiger charge is -2.11. The molecule has 86 valence electrons. The standard InChI is InChI=1S/C13H10O3S/c14-8-9-3-1-4-10(7-9)12(13(15)16)11-5-2-6-17-11/h1-8,12H,(H,15,16). The number of carbonyl (C=O) groups excluding carboxylic acids is 1. The van der Waals surface area contributed by atoms with Crippen molar-refractivity contribution in [3.63, 3.8) is 0 Å². The van der Waals surface area contributed by atoms with Gasteiger partial charge in [-0.2, -0.15) is 0 Å². The van der Waals surface area contributed by atoms with Crippen LogP contribution >= 0.6 is 11.3 Å². The fourth-order valence-corrected chi connectivity index (χ4v) is 2.54. The molecule has 0 aliphatic rings. The van der Waals surface area contributed by atoms with Gasteiger partial charge in [-0.25, -0.2) is 0 Å². The van der Waals surface area contributed by atoms with Crippen molar-refractivity contribution in [1.82, 2.24) is 0 Å². The summed E-state index contributed by atoms with van der Waals surface area (Å²) < 4.78 is 0. The van der Waals surface area contributed by atoms with Crippen LogP contribution in [0.25, 0.3) is 0 Å². The largest absolute Gasteiger partial charge is 0.481 e. The molecule has 1 N–H and O–H groups in total. The van der Waals surface area contributed by atoms with E-state index in [0.717, 1.165) is 11.2 Å². The Hall–Kier alpha value is -1.94. The van der Waals surface area contributed by atoms with Gasteiger partial charge in [-0.3, -0.25) is 9.59 Å². The van der Waals surface area contributed by atoms with Gasteiger partial charge in [0, 0.05) is 10.4 Å². The molecule has 0 bridgehead atoms. The lowest BCUT2D eigenvalue weighted by molar-refractivity contribution is -0.137. The van der Waals surface area contributed by atoms with Crippen molar-refractivity contribution in [3.05, 3.63) is 57.8 Å². The average Bonchev–Trinajstić information content (AvgIpc) is 2.83. The Kier molecular flexibility index (Phi) is 3.35. The zero-order valence-electron chi connectivity index (χ0n) is 8.87. The van der Waals surface area contributed by atoms with E-state index in [1.807, 2.05) is 11.4 Å². The molecule has 4 heteroatoms. The van der Waals surface area contributed by atoms with Crippen molar-refractivity contribution >= 4 is 23.6 Å². The van der Waals surface area contributed by atoms with Crippen LogP contribution < -0.4 is 0 Å². The summed E-state index contributed by atoms with van der Waals surface area (Å²) in [5.41, 5.74) is 1.12. The number of carboxylic acids is 1. The van der Waals surface area contributed by atoms with Gasteiger partial charge >= 0.3 is 5.97 Å². The van der Waals surface area contributed by atoms with Crippen LogP contribution in [0.4, 0.5) is 0 Å². The lowest BCUT2D eigenvalue weighted by atomic mass is 9.96. The summed E-state index contributed by atoms with van der Waals surface area (Å²) in [7, 11) is 0. The Bertz CT molecular complexity index is 531. The number of aliphatic carboxylic acids is 1. The maximum atomic E-state index is 11.3. The first-order chi connectivity index (χ1) is 8.22. The van der Waals surface area contributed by atoms with Crippen molar-refractivity contribution in [2.45, 2.75) is 5.92 Å². The minimum atomic E-state index is -0.907. The molecule has 1 heterocycles. The number of rotatable bonds is 4. The number of aldehydes is 1. The molecular formula is C13H10O3S. The van der Waals surface area contributed by atoms with Crippen molar-refractivity contribution < 1.29 is 14.7 Å². The van der Waals surface area contributed by atoms with Crippen LogP contribution in [0, 0.1) is 0 Å². The highest BCUT2D eigenvalue weighted by molar-refractivity contribution is 7.10. The van der Waals surface area contributed by atoms with Crippen LogP contribution in [0.5, 0.6) is 0 Å². The monoisotopic (exact) mass is 246 g/mol. The van der Waals surface area contributed by atoms with E-state index in [-0.39, 0.29) is 0 Å². The van der Waals surface area contributed by atoms with Gasteiger partial charge in [-0.1, -0.05) is 24.3 Å². The Morgan fingerprint density at radius 2 is 2.12 bits per heavy atom. The van der Waals surface area contributed by atoms with Gasteiger partial charge in [0.25, 0.3) is 0 Å². The molecule has 17 heavy (non-hydrogen) atoms. The van der Waals surface area contributed by atoms with E-state index in [0.29, 0.717) is 11.1 Å². The maximum absolute atomic E-state index is 11.3. The third kappa shape index (κ3) is 2.42. The number of hydrogen-bond acceptors (Lipinski definition) is 3. The second-order valence-electron chi connectivity index (χ2n) is 3.57. The van der Waals surface area contributed by atoms with E-state index in [9.17, 15) is 14.7 Å². The first kappa shape index (κ1) is 11.5. The summed E-state index contributed by atoms with van der Waals surface area (Å²) in [6, 6.07) is 10.3. The summed E-state index contributed by atoms with van der Waals surface area (Å²) in [6.45, 7) is 0. The highest BCUT2D eigenvalue weighted by Gasteiger charge is 2.23. The van der Waals surface area contributed by atoms with Crippen LogP contribution in [0.1, 0.15) is 26.7 Å². The maximum Gasteiger partial charge on any atom is 0.316 e. The number of benzene rings is 1. The second kappa shape index (κ2) is 4.93. The molecule has 0 saturated carbocycles. The Labute approximate surface area is 102 Å². The summed E-state index contributed by atoms with van der Waals surface area (Å²) in [5, 5.41) is 11.1. The molecule has 1 aromatic heterocycles. The Balaban J connectivity index is 2.46. The number of carbonyl (C=O) groups is 2. The molecule has 0 radical (unpaired) electrons. The van der Waals surface area contributed by atoms with Gasteiger partial charge in [0.05, 0.1) is 0 Å². The molecule has 2 aromatic rings. The summed E-state index contributed by atoms with van der Waals surface area (Å²) in [6.07, 6.45) is 0.719. The third-order valence-electron chi connectivity index (χ3n) is 2.45. The Morgan fingerprint density at radius 1 is 1.29 bits per heavy atom. The average molecular weight is 246 g/mol. The molecule has 0 fully saturated rings. The molecule has 0 amide bonds. The normalized spacial score (nSPS) is 12.0. The van der Waals surface area contributed by atoms with Crippen molar-refractivity contribution in [1.29, 1.82) is 0 Å². The van der Waals surface area contributed by atoms with Crippen LogP contribution in [0.3, 0.4) is 0 Å². The molecule has 1 unspecified atom stereocenters. The van der Waals surface area contributed by atoms with Gasteiger partial charge in [0.15, 0.2) is 0 Å².